The van der Waals surface area contributed by atoms with Crippen molar-refractivity contribution in [3.8, 4) is 17.2 Å². The van der Waals surface area contributed by atoms with E-state index in [9.17, 15) is 31.1 Å². The smallest absolute Gasteiger partial charge is 0.490 e. The van der Waals surface area contributed by atoms with E-state index in [-0.39, 0.29) is 46.5 Å². The molecule has 1 aliphatic carbocycles. The van der Waals surface area contributed by atoms with Gasteiger partial charge in [0.05, 0.1) is 11.7 Å². The van der Waals surface area contributed by atoms with Crippen LogP contribution in [-0.4, -0.2) is 35.8 Å². The monoisotopic (exact) mass is 578 g/mol. The average Bonchev–Trinajstić information content (AvgIpc) is 2.83. The third kappa shape index (κ3) is 10.5. The van der Waals surface area contributed by atoms with Gasteiger partial charge in [0.25, 0.3) is 0 Å². The van der Waals surface area contributed by atoms with Crippen LogP contribution in [-0.2, 0) is 0 Å². The highest BCUT2D eigenvalue weighted by molar-refractivity contribution is 7.80. The second-order valence-corrected chi connectivity index (χ2v) is 9.41. The van der Waals surface area contributed by atoms with Crippen LogP contribution in [0.1, 0.15) is 62.2 Å². The van der Waals surface area contributed by atoms with Gasteiger partial charge in [-0.2, -0.15) is 0 Å². The molecule has 0 atom stereocenters. The number of carbonyl (C=O) groups is 1. The summed E-state index contributed by atoms with van der Waals surface area (Å²) in [7, 11) is 0. The minimum absolute atomic E-state index is 0.0346. The Hall–Kier alpha value is -3.22. The van der Waals surface area contributed by atoms with Crippen molar-refractivity contribution in [1.82, 2.24) is 5.32 Å². The molecule has 2 N–H and O–H groups in total. The van der Waals surface area contributed by atoms with Crippen molar-refractivity contribution >= 4 is 28.8 Å². The molecule has 214 valence electrons. The van der Waals surface area contributed by atoms with Gasteiger partial charge < -0.3 is 24.8 Å². The topological polar surface area (TPSA) is 68.8 Å². The van der Waals surface area contributed by atoms with E-state index in [1.54, 1.807) is 6.07 Å². The van der Waals surface area contributed by atoms with Crippen LogP contribution in [0.25, 0.3) is 0 Å². The second-order valence-electron chi connectivity index (χ2n) is 9.00. The first-order chi connectivity index (χ1) is 18.3. The van der Waals surface area contributed by atoms with Crippen LogP contribution < -0.4 is 24.8 Å². The van der Waals surface area contributed by atoms with Crippen LogP contribution in [0.4, 0.5) is 32.0 Å². The van der Waals surface area contributed by atoms with Gasteiger partial charge in [0.1, 0.15) is 17.2 Å². The average molecular weight is 579 g/mol. The fourth-order valence-corrected chi connectivity index (χ4v) is 4.41. The largest absolute Gasteiger partial charge is 0.573 e. The predicted molar refractivity (Wildman–Crippen MR) is 136 cm³/mol. The maximum atomic E-state index is 12.7. The van der Waals surface area contributed by atoms with E-state index in [2.05, 4.69) is 20.1 Å². The molecule has 0 amide bonds. The van der Waals surface area contributed by atoms with E-state index in [1.807, 2.05) is 6.92 Å². The summed E-state index contributed by atoms with van der Waals surface area (Å²) >= 11 is 5.29. The SMILES string of the molecule is CCCCC(=O)c1cc(OC(F)(F)F)ccc1OC1CCC(NC(=S)Nc2cccc(OC(F)(F)F)c2)CC1. The molecule has 39 heavy (non-hydrogen) atoms. The van der Waals surface area contributed by atoms with Crippen LogP contribution in [0.3, 0.4) is 0 Å². The third-order valence-corrected chi connectivity index (χ3v) is 6.09. The molecule has 3 rings (SSSR count). The minimum Gasteiger partial charge on any atom is -0.490 e. The van der Waals surface area contributed by atoms with Crippen molar-refractivity contribution in [2.24, 2.45) is 0 Å². The van der Waals surface area contributed by atoms with Crippen LogP contribution in [0, 0.1) is 0 Å². The van der Waals surface area contributed by atoms with Gasteiger partial charge >= 0.3 is 12.7 Å². The van der Waals surface area contributed by atoms with Crippen molar-refractivity contribution in [3.05, 3.63) is 48.0 Å². The molecule has 0 bridgehead atoms. The molecular formula is C26H28F6N2O4S. The lowest BCUT2D eigenvalue weighted by Crippen LogP contribution is -2.41. The van der Waals surface area contributed by atoms with Gasteiger partial charge in [-0.25, -0.2) is 0 Å². The molecule has 13 heteroatoms. The fourth-order valence-electron chi connectivity index (χ4n) is 4.13. The number of ether oxygens (including phenoxy) is 3. The number of thiocarbonyl (C=S) groups is 1. The molecule has 1 aliphatic rings. The lowest BCUT2D eigenvalue weighted by molar-refractivity contribution is -0.275. The third-order valence-electron chi connectivity index (χ3n) is 5.87. The van der Waals surface area contributed by atoms with E-state index >= 15 is 0 Å². The summed E-state index contributed by atoms with van der Waals surface area (Å²) in [5.41, 5.74) is 0.372. The van der Waals surface area contributed by atoms with Gasteiger partial charge in [-0.15, -0.1) is 26.3 Å². The Morgan fingerprint density at radius 3 is 2.21 bits per heavy atom. The number of anilines is 1. The zero-order valence-corrected chi connectivity index (χ0v) is 21.8. The number of halogens is 6. The Morgan fingerprint density at radius 2 is 1.59 bits per heavy atom. The number of unbranched alkanes of at least 4 members (excludes halogenated alkanes) is 1. The number of Topliss-reactive ketones (excluding diaryl/α,β-unsaturated/α-hetero) is 1. The molecular weight excluding hydrogens is 550 g/mol. The summed E-state index contributed by atoms with van der Waals surface area (Å²) in [5.74, 6) is -0.978. The second kappa shape index (κ2) is 13.2. The fraction of sp³-hybridized carbons (Fsp3) is 0.462. The number of carbonyl (C=O) groups excluding carboxylic acids is 1. The van der Waals surface area contributed by atoms with Crippen molar-refractivity contribution < 1.29 is 45.3 Å². The Morgan fingerprint density at radius 1 is 0.949 bits per heavy atom. The zero-order valence-electron chi connectivity index (χ0n) is 21.0. The maximum Gasteiger partial charge on any atom is 0.573 e. The summed E-state index contributed by atoms with van der Waals surface area (Å²) in [6, 6.07) is 8.77. The van der Waals surface area contributed by atoms with Crippen molar-refractivity contribution in [2.75, 3.05) is 5.32 Å². The quantitative estimate of drug-likeness (QED) is 0.172. The van der Waals surface area contributed by atoms with Gasteiger partial charge in [0.15, 0.2) is 10.9 Å². The highest BCUT2D eigenvalue weighted by atomic mass is 32.1. The number of ketones is 1. The van der Waals surface area contributed by atoms with Crippen molar-refractivity contribution in [2.45, 2.75) is 76.7 Å². The number of rotatable bonds is 10. The van der Waals surface area contributed by atoms with Gasteiger partial charge in [0, 0.05) is 24.2 Å². The van der Waals surface area contributed by atoms with E-state index in [0.29, 0.717) is 37.8 Å². The summed E-state index contributed by atoms with van der Waals surface area (Å²) in [4.78, 5) is 12.7. The van der Waals surface area contributed by atoms with Crippen LogP contribution in [0.5, 0.6) is 17.2 Å². The summed E-state index contributed by atoms with van der Waals surface area (Å²) in [6.45, 7) is 1.90. The van der Waals surface area contributed by atoms with Crippen LogP contribution >= 0.6 is 12.2 Å². The Kier molecular flexibility index (Phi) is 10.3. The Balaban J connectivity index is 1.55. The van der Waals surface area contributed by atoms with E-state index in [4.69, 9.17) is 17.0 Å². The first-order valence-corrected chi connectivity index (χ1v) is 12.7. The summed E-state index contributed by atoms with van der Waals surface area (Å²) < 4.78 is 89.3. The van der Waals surface area contributed by atoms with E-state index < -0.39 is 18.5 Å². The van der Waals surface area contributed by atoms with Gasteiger partial charge in [0.2, 0.25) is 0 Å². The molecule has 2 aromatic carbocycles. The summed E-state index contributed by atoms with van der Waals surface area (Å²) in [6.07, 6.45) is -6.00. The molecule has 1 fully saturated rings. The Bertz CT molecular complexity index is 1130. The standard InChI is InChI=1S/C26H28F6N2O4S/c1-2-3-7-22(35)21-15-20(38-26(30,31)32)12-13-23(21)36-18-10-8-16(9-11-18)33-24(39)34-17-5-4-6-19(14-17)37-25(27,28)29/h4-6,12-16,18H,2-3,7-11H2,1H3,(H2,33,34,39). The predicted octanol–water partition coefficient (Wildman–Crippen LogP) is 7.53. The molecule has 2 aromatic rings. The molecule has 6 nitrogen and oxygen atoms in total. The van der Waals surface area contributed by atoms with Gasteiger partial charge in [-0.05, 0) is 74.7 Å². The summed E-state index contributed by atoms with van der Waals surface area (Å²) in [5, 5.41) is 6.19. The first-order valence-electron chi connectivity index (χ1n) is 12.3. The number of benzene rings is 2. The lowest BCUT2D eigenvalue weighted by atomic mass is 9.93. The lowest BCUT2D eigenvalue weighted by Gasteiger charge is -2.30. The molecule has 0 unspecified atom stereocenters. The minimum atomic E-state index is -4.88. The highest BCUT2D eigenvalue weighted by Gasteiger charge is 2.32. The van der Waals surface area contributed by atoms with Crippen molar-refractivity contribution in [1.29, 1.82) is 0 Å². The molecule has 0 radical (unpaired) electrons. The normalized spacial score (nSPS) is 17.7. The number of hydrogen-bond acceptors (Lipinski definition) is 5. The maximum absolute atomic E-state index is 12.7. The first kappa shape index (κ1) is 30.3. The number of alkyl halides is 6. The number of hydrogen-bond donors (Lipinski definition) is 2. The molecule has 0 saturated heterocycles. The van der Waals surface area contributed by atoms with E-state index in [1.165, 1.54) is 24.3 Å². The molecule has 0 aromatic heterocycles. The van der Waals surface area contributed by atoms with Gasteiger partial charge in [-0.1, -0.05) is 19.4 Å². The highest BCUT2D eigenvalue weighted by Crippen LogP contribution is 2.32. The molecule has 0 heterocycles. The molecule has 0 aliphatic heterocycles. The van der Waals surface area contributed by atoms with Crippen LogP contribution in [0.15, 0.2) is 42.5 Å². The Labute approximate surface area is 227 Å². The van der Waals surface area contributed by atoms with Crippen LogP contribution in [0.2, 0.25) is 0 Å². The zero-order chi connectivity index (χ0) is 28.6. The van der Waals surface area contributed by atoms with Crippen molar-refractivity contribution in [3.63, 3.8) is 0 Å². The van der Waals surface area contributed by atoms with Gasteiger partial charge in [-0.3, -0.25) is 4.79 Å². The number of nitrogens with one attached hydrogen (secondary N) is 2. The molecule has 1 saturated carbocycles. The molecule has 0 spiro atoms. The van der Waals surface area contributed by atoms with E-state index in [0.717, 1.165) is 18.6 Å².